The van der Waals surface area contributed by atoms with E-state index in [4.69, 9.17) is 0 Å². The summed E-state index contributed by atoms with van der Waals surface area (Å²) in [5.41, 5.74) is -0.342. The number of hydrogen-bond donors (Lipinski definition) is 1. The van der Waals surface area contributed by atoms with Crippen molar-refractivity contribution in [2.45, 2.75) is 26.8 Å². The Balaban J connectivity index is 2.91. The van der Waals surface area contributed by atoms with Crippen molar-refractivity contribution in [3.8, 4) is 0 Å². The van der Waals surface area contributed by atoms with Gasteiger partial charge in [-0.15, -0.1) is 0 Å². The first kappa shape index (κ1) is 17.0. The fourth-order valence-corrected chi connectivity index (χ4v) is 1.73. The third-order valence-electron chi connectivity index (χ3n) is 2.68. The van der Waals surface area contributed by atoms with Gasteiger partial charge in [-0.05, 0) is 32.9 Å². The molecule has 0 saturated heterocycles. The lowest BCUT2D eigenvalue weighted by atomic mass is 10.1. The Hall–Kier alpha value is -2.05. The van der Waals surface area contributed by atoms with Crippen molar-refractivity contribution in [1.29, 1.82) is 0 Å². The van der Waals surface area contributed by atoms with E-state index in [0.717, 1.165) is 4.90 Å². The molecule has 0 aromatic heterocycles. The summed E-state index contributed by atoms with van der Waals surface area (Å²) in [6, 6.07) is 1.14. The number of nitrogens with zero attached hydrogens (tertiary/aromatic N) is 1. The van der Waals surface area contributed by atoms with E-state index in [1.807, 2.05) is 0 Å². The molecule has 0 radical (unpaired) electrons. The summed E-state index contributed by atoms with van der Waals surface area (Å²) in [5, 5.41) is 2.60. The van der Waals surface area contributed by atoms with Crippen LogP contribution in [0.25, 0.3) is 0 Å². The molecule has 0 spiro atoms. The molecule has 0 bridgehead atoms. The van der Waals surface area contributed by atoms with Gasteiger partial charge in [0.15, 0.2) is 17.5 Å². The lowest BCUT2D eigenvalue weighted by Gasteiger charge is -2.21. The van der Waals surface area contributed by atoms with Crippen molar-refractivity contribution in [1.82, 2.24) is 10.2 Å². The van der Waals surface area contributed by atoms with Crippen LogP contribution in [0.3, 0.4) is 0 Å². The van der Waals surface area contributed by atoms with Crippen molar-refractivity contribution < 1.29 is 22.8 Å². The van der Waals surface area contributed by atoms with Gasteiger partial charge in [-0.1, -0.05) is 0 Å². The van der Waals surface area contributed by atoms with Crippen molar-refractivity contribution in [2.24, 2.45) is 0 Å². The van der Waals surface area contributed by atoms with Crippen LogP contribution in [0.15, 0.2) is 12.1 Å². The molecule has 0 aliphatic rings. The highest BCUT2D eigenvalue weighted by atomic mass is 19.2. The first-order valence-corrected chi connectivity index (χ1v) is 6.49. The summed E-state index contributed by atoms with van der Waals surface area (Å²) in [7, 11) is 0. The highest BCUT2D eigenvalue weighted by molar-refractivity contribution is 5.96. The molecule has 0 unspecified atom stereocenters. The van der Waals surface area contributed by atoms with E-state index in [1.54, 1.807) is 20.8 Å². The van der Waals surface area contributed by atoms with E-state index in [1.165, 1.54) is 0 Å². The second kappa shape index (κ2) is 7.10. The van der Waals surface area contributed by atoms with E-state index in [2.05, 4.69) is 5.32 Å². The van der Waals surface area contributed by atoms with Gasteiger partial charge in [0.2, 0.25) is 5.91 Å². The third kappa shape index (κ3) is 4.47. The average molecular weight is 302 g/mol. The molecular formula is C14H17F3N2O2. The minimum Gasteiger partial charge on any atom is -0.352 e. The van der Waals surface area contributed by atoms with Gasteiger partial charge in [0, 0.05) is 18.2 Å². The smallest absolute Gasteiger partial charge is 0.254 e. The molecule has 0 heterocycles. The molecule has 2 amide bonds. The summed E-state index contributed by atoms with van der Waals surface area (Å²) >= 11 is 0. The molecule has 1 aromatic rings. The Labute approximate surface area is 120 Å². The number of hydrogen-bond acceptors (Lipinski definition) is 2. The zero-order valence-electron chi connectivity index (χ0n) is 12.0. The number of amides is 2. The van der Waals surface area contributed by atoms with E-state index in [9.17, 15) is 22.8 Å². The lowest BCUT2D eigenvalue weighted by molar-refractivity contribution is -0.122. The molecule has 116 valence electrons. The van der Waals surface area contributed by atoms with E-state index in [-0.39, 0.29) is 30.6 Å². The molecule has 0 fully saturated rings. The van der Waals surface area contributed by atoms with Crippen LogP contribution in [-0.2, 0) is 4.79 Å². The van der Waals surface area contributed by atoms with Crippen LogP contribution >= 0.6 is 0 Å². The van der Waals surface area contributed by atoms with Crippen molar-refractivity contribution in [2.75, 3.05) is 13.1 Å². The quantitative estimate of drug-likeness (QED) is 0.847. The van der Waals surface area contributed by atoms with Gasteiger partial charge in [-0.25, -0.2) is 13.2 Å². The molecule has 0 aliphatic carbocycles. The van der Waals surface area contributed by atoms with Crippen LogP contribution < -0.4 is 5.32 Å². The number of rotatable bonds is 5. The second-order valence-electron chi connectivity index (χ2n) is 4.80. The SMILES string of the molecule is CCN(CC(=O)NC(C)C)C(=O)c1cc(F)c(F)c(F)c1. The molecule has 1 N–H and O–H groups in total. The van der Waals surface area contributed by atoms with Crippen LogP contribution in [-0.4, -0.2) is 35.8 Å². The standard InChI is InChI=1S/C14H17F3N2O2/c1-4-19(7-12(20)18-8(2)3)14(21)9-5-10(15)13(17)11(16)6-9/h5-6,8H,4,7H2,1-3H3,(H,18,20). The minimum atomic E-state index is -1.63. The second-order valence-corrected chi connectivity index (χ2v) is 4.80. The van der Waals surface area contributed by atoms with Gasteiger partial charge in [0.25, 0.3) is 5.91 Å². The predicted octanol–water partition coefficient (Wildman–Crippen LogP) is 2.09. The number of carbonyl (C=O) groups excluding carboxylic acids is 2. The average Bonchev–Trinajstić information content (AvgIpc) is 2.40. The summed E-state index contributed by atoms with van der Waals surface area (Å²) in [6.07, 6.45) is 0. The van der Waals surface area contributed by atoms with Crippen LogP contribution in [0.2, 0.25) is 0 Å². The molecule has 1 aromatic carbocycles. The number of carbonyl (C=O) groups is 2. The monoisotopic (exact) mass is 302 g/mol. The zero-order valence-corrected chi connectivity index (χ0v) is 12.0. The predicted molar refractivity (Wildman–Crippen MR) is 71.2 cm³/mol. The fourth-order valence-electron chi connectivity index (χ4n) is 1.73. The molecule has 1 rings (SSSR count). The van der Waals surface area contributed by atoms with Crippen LogP contribution in [0.1, 0.15) is 31.1 Å². The maximum atomic E-state index is 13.1. The van der Waals surface area contributed by atoms with Gasteiger partial charge in [0.05, 0.1) is 6.54 Å². The number of nitrogens with one attached hydrogen (secondary N) is 1. The zero-order chi connectivity index (χ0) is 16.2. The highest BCUT2D eigenvalue weighted by Gasteiger charge is 2.21. The highest BCUT2D eigenvalue weighted by Crippen LogP contribution is 2.15. The van der Waals surface area contributed by atoms with E-state index < -0.39 is 23.4 Å². The van der Waals surface area contributed by atoms with Gasteiger partial charge in [-0.3, -0.25) is 9.59 Å². The maximum Gasteiger partial charge on any atom is 0.254 e. The van der Waals surface area contributed by atoms with E-state index >= 15 is 0 Å². The van der Waals surface area contributed by atoms with Crippen LogP contribution in [0, 0.1) is 17.5 Å². The Morgan fingerprint density at radius 1 is 1.19 bits per heavy atom. The Morgan fingerprint density at radius 3 is 2.14 bits per heavy atom. The molecule has 0 atom stereocenters. The fraction of sp³-hybridized carbons (Fsp3) is 0.429. The normalized spacial score (nSPS) is 10.6. The summed E-state index contributed by atoms with van der Waals surface area (Å²) in [4.78, 5) is 24.9. The van der Waals surface area contributed by atoms with Gasteiger partial charge >= 0.3 is 0 Å². The van der Waals surface area contributed by atoms with Crippen LogP contribution in [0.5, 0.6) is 0 Å². The summed E-state index contributed by atoms with van der Waals surface area (Å²) < 4.78 is 39.1. The number of likely N-dealkylation sites (N-methyl/N-ethyl adjacent to an activating group) is 1. The third-order valence-corrected chi connectivity index (χ3v) is 2.68. The Bertz CT molecular complexity index is 524. The van der Waals surface area contributed by atoms with Crippen molar-refractivity contribution in [3.05, 3.63) is 35.1 Å². The molecular weight excluding hydrogens is 285 g/mol. The van der Waals surface area contributed by atoms with Crippen molar-refractivity contribution >= 4 is 11.8 Å². The summed E-state index contributed by atoms with van der Waals surface area (Å²) in [6.45, 7) is 5.08. The minimum absolute atomic E-state index is 0.0907. The van der Waals surface area contributed by atoms with Crippen LogP contribution in [0.4, 0.5) is 13.2 Å². The largest absolute Gasteiger partial charge is 0.352 e. The first-order valence-electron chi connectivity index (χ1n) is 6.49. The molecule has 7 heteroatoms. The Kier molecular flexibility index (Phi) is 5.75. The van der Waals surface area contributed by atoms with Gasteiger partial charge in [-0.2, -0.15) is 0 Å². The molecule has 0 saturated carbocycles. The van der Waals surface area contributed by atoms with E-state index in [0.29, 0.717) is 12.1 Å². The molecule has 4 nitrogen and oxygen atoms in total. The maximum absolute atomic E-state index is 13.1. The number of benzene rings is 1. The summed E-state index contributed by atoms with van der Waals surface area (Å²) in [5.74, 6) is -5.65. The van der Waals surface area contributed by atoms with Crippen molar-refractivity contribution in [3.63, 3.8) is 0 Å². The molecule has 0 aliphatic heterocycles. The first-order chi connectivity index (χ1) is 9.76. The lowest BCUT2D eigenvalue weighted by Crippen LogP contribution is -2.42. The Morgan fingerprint density at radius 2 is 1.71 bits per heavy atom. The van der Waals surface area contributed by atoms with Gasteiger partial charge < -0.3 is 10.2 Å². The topological polar surface area (TPSA) is 49.4 Å². The van der Waals surface area contributed by atoms with Gasteiger partial charge in [0.1, 0.15) is 0 Å². The number of halogens is 3. The molecule has 21 heavy (non-hydrogen) atoms.